The number of nitrogens with zero attached hydrogens (tertiary/aromatic N) is 3. The summed E-state index contributed by atoms with van der Waals surface area (Å²) >= 11 is 1.79. The van der Waals surface area contributed by atoms with Gasteiger partial charge in [-0.2, -0.15) is 0 Å². The van der Waals surface area contributed by atoms with Crippen molar-refractivity contribution in [2.75, 3.05) is 33.7 Å². The first kappa shape index (κ1) is 11.0. The second-order valence-corrected chi connectivity index (χ2v) is 5.43. The summed E-state index contributed by atoms with van der Waals surface area (Å²) in [6, 6.07) is 0.634. The van der Waals surface area contributed by atoms with Crippen molar-refractivity contribution in [1.82, 2.24) is 14.8 Å². The van der Waals surface area contributed by atoms with Gasteiger partial charge < -0.3 is 9.80 Å². The lowest BCUT2D eigenvalue weighted by atomic mass is 10.1. The first-order valence-electron chi connectivity index (χ1n) is 5.45. The predicted octanol–water partition coefficient (Wildman–Crippen LogP) is 1.24. The Morgan fingerprint density at radius 2 is 2.27 bits per heavy atom. The number of hydrogen-bond acceptors (Lipinski definition) is 4. The van der Waals surface area contributed by atoms with E-state index in [1.807, 2.05) is 0 Å². The molecule has 3 nitrogen and oxygen atoms in total. The van der Waals surface area contributed by atoms with Crippen molar-refractivity contribution >= 4 is 11.3 Å². The van der Waals surface area contributed by atoms with Crippen LogP contribution in [0.2, 0.25) is 0 Å². The van der Waals surface area contributed by atoms with Gasteiger partial charge in [-0.15, -0.1) is 11.3 Å². The van der Waals surface area contributed by atoms with Gasteiger partial charge in [0.1, 0.15) is 0 Å². The van der Waals surface area contributed by atoms with Gasteiger partial charge in [-0.05, 0) is 21.0 Å². The van der Waals surface area contributed by atoms with E-state index in [2.05, 4.69) is 41.2 Å². The molecule has 1 aliphatic rings. The largest absolute Gasteiger partial charge is 0.304 e. The minimum absolute atomic E-state index is 0.634. The second kappa shape index (κ2) is 4.60. The van der Waals surface area contributed by atoms with Crippen molar-refractivity contribution in [2.45, 2.75) is 19.4 Å². The number of aromatic nitrogens is 1. The van der Waals surface area contributed by atoms with Gasteiger partial charge in [0.25, 0.3) is 0 Å². The predicted molar refractivity (Wildman–Crippen MR) is 64.5 cm³/mol. The van der Waals surface area contributed by atoms with Crippen molar-refractivity contribution < 1.29 is 0 Å². The fraction of sp³-hybridized carbons (Fsp3) is 0.727. The zero-order valence-electron chi connectivity index (χ0n) is 9.73. The molecule has 1 aliphatic heterocycles. The van der Waals surface area contributed by atoms with E-state index in [1.165, 1.54) is 18.1 Å². The van der Waals surface area contributed by atoms with Crippen molar-refractivity contribution in [3.8, 4) is 0 Å². The Bertz CT molecular complexity index is 323. The standard InChI is InChI=1S/C11H19N3S/c1-9-8-15-11(12-9)6-10-7-13(2)4-5-14(10)3/h8,10H,4-7H2,1-3H3. The molecule has 1 atom stereocenters. The molecule has 0 aromatic carbocycles. The molecule has 0 saturated carbocycles. The highest BCUT2D eigenvalue weighted by Crippen LogP contribution is 2.15. The number of piperazine rings is 1. The molecule has 0 bridgehead atoms. The van der Waals surface area contributed by atoms with Crippen LogP contribution in [0.4, 0.5) is 0 Å². The number of hydrogen-bond donors (Lipinski definition) is 0. The van der Waals surface area contributed by atoms with Crippen LogP contribution in [-0.4, -0.2) is 54.6 Å². The van der Waals surface area contributed by atoms with Gasteiger partial charge in [0, 0.05) is 43.2 Å². The van der Waals surface area contributed by atoms with Crippen LogP contribution < -0.4 is 0 Å². The summed E-state index contributed by atoms with van der Waals surface area (Å²) in [6.45, 7) is 5.58. The Kier molecular flexibility index (Phi) is 3.38. The highest BCUT2D eigenvalue weighted by atomic mass is 32.1. The van der Waals surface area contributed by atoms with Gasteiger partial charge in [0.05, 0.1) is 5.01 Å². The molecule has 1 unspecified atom stereocenters. The molecule has 0 spiro atoms. The van der Waals surface area contributed by atoms with Crippen LogP contribution in [0.1, 0.15) is 10.7 Å². The molecule has 1 saturated heterocycles. The van der Waals surface area contributed by atoms with Crippen molar-refractivity contribution in [3.05, 3.63) is 16.1 Å². The topological polar surface area (TPSA) is 19.4 Å². The van der Waals surface area contributed by atoms with Crippen molar-refractivity contribution in [3.63, 3.8) is 0 Å². The molecular formula is C11H19N3S. The first-order valence-corrected chi connectivity index (χ1v) is 6.33. The highest BCUT2D eigenvalue weighted by Gasteiger charge is 2.22. The van der Waals surface area contributed by atoms with Crippen LogP contribution in [0.3, 0.4) is 0 Å². The summed E-state index contributed by atoms with van der Waals surface area (Å²) in [5.41, 5.74) is 1.15. The third kappa shape index (κ3) is 2.77. The molecular weight excluding hydrogens is 206 g/mol. The quantitative estimate of drug-likeness (QED) is 0.755. The van der Waals surface area contributed by atoms with E-state index in [4.69, 9.17) is 0 Å². The maximum absolute atomic E-state index is 4.54. The zero-order chi connectivity index (χ0) is 10.8. The fourth-order valence-corrected chi connectivity index (χ4v) is 2.86. The van der Waals surface area contributed by atoms with Crippen LogP contribution in [0.5, 0.6) is 0 Å². The van der Waals surface area contributed by atoms with E-state index < -0.39 is 0 Å². The van der Waals surface area contributed by atoms with E-state index in [0.29, 0.717) is 6.04 Å². The smallest absolute Gasteiger partial charge is 0.0944 e. The van der Waals surface area contributed by atoms with Crippen LogP contribution in [0.15, 0.2) is 5.38 Å². The Labute approximate surface area is 95.7 Å². The summed E-state index contributed by atoms with van der Waals surface area (Å²) in [5, 5.41) is 3.42. The number of likely N-dealkylation sites (N-methyl/N-ethyl adjacent to an activating group) is 2. The molecule has 15 heavy (non-hydrogen) atoms. The molecule has 1 aromatic rings. The molecule has 0 aliphatic carbocycles. The minimum atomic E-state index is 0.634. The average Bonchev–Trinajstić information content (AvgIpc) is 2.58. The fourth-order valence-electron chi connectivity index (χ4n) is 2.02. The monoisotopic (exact) mass is 225 g/mol. The Hall–Kier alpha value is -0.450. The van der Waals surface area contributed by atoms with Gasteiger partial charge >= 0.3 is 0 Å². The van der Waals surface area contributed by atoms with Gasteiger partial charge in [0.2, 0.25) is 0 Å². The van der Waals surface area contributed by atoms with E-state index >= 15 is 0 Å². The third-order valence-electron chi connectivity index (χ3n) is 3.06. The lowest BCUT2D eigenvalue weighted by molar-refractivity contribution is 0.114. The average molecular weight is 225 g/mol. The molecule has 4 heteroatoms. The first-order chi connectivity index (χ1) is 7.15. The van der Waals surface area contributed by atoms with E-state index in [1.54, 1.807) is 11.3 Å². The molecule has 0 N–H and O–H groups in total. The minimum Gasteiger partial charge on any atom is -0.304 e. The summed E-state index contributed by atoms with van der Waals surface area (Å²) in [6.07, 6.45) is 1.10. The van der Waals surface area contributed by atoms with Crippen LogP contribution >= 0.6 is 11.3 Å². The molecule has 0 radical (unpaired) electrons. The number of thiazole rings is 1. The number of rotatable bonds is 2. The van der Waals surface area contributed by atoms with Crippen molar-refractivity contribution in [2.24, 2.45) is 0 Å². The number of aryl methyl sites for hydroxylation is 1. The summed E-state index contributed by atoms with van der Waals surface area (Å²) in [5.74, 6) is 0. The Balaban J connectivity index is 1.98. The second-order valence-electron chi connectivity index (χ2n) is 4.48. The lowest BCUT2D eigenvalue weighted by Gasteiger charge is -2.37. The molecule has 0 amide bonds. The zero-order valence-corrected chi connectivity index (χ0v) is 10.5. The molecule has 84 valence electrons. The molecule has 2 heterocycles. The van der Waals surface area contributed by atoms with Crippen LogP contribution in [0.25, 0.3) is 0 Å². The molecule has 1 fully saturated rings. The summed E-state index contributed by atoms with van der Waals surface area (Å²) < 4.78 is 0. The maximum Gasteiger partial charge on any atom is 0.0944 e. The van der Waals surface area contributed by atoms with Crippen LogP contribution in [-0.2, 0) is 6.42 Å². The van der Waals surface area contributed by atoms with Gasteiger partial charge in [-0.1, -0.05) is 0 Å². The van der Waals surface area contributed by atoms with Gasteiger partial charge in [-0.25, -0.2) is 4.98 Å². The normalized spacial score (nSPS) is 24.6. The molecule has 2 rings (SSSR count). The summed E-state index contributed by atoms with van der Waals surface area (Å²) in [4.78, 5) is 9.40. The Morgan fingerprint density at radius 1 is 1.47 bits per heavy atom. The SMILES string of the molecule is Cc1csc(CC2CN(C)CCN2C)n1. The van der Waals surface area contributed by atoms with Crippen molar-refractivity contribution in [1.29, 1.82) is 0 Å². The summed E-state index contributed by atoms with van der Waals surface area (Å²) in [7, 11) is 4.42. The maximum atomic E-state index is 4.54. The third-order valence-corrected chi connectivity index (χ3v) is 4.05. The van der Waals surface area contributed by atoms with Gasteiger partial charge in [-0.3, -0.25) is 0 Å². The molecule has 1 aromatic heterocycles. The Morgan fingerprint density at radius 3 is 2.93 bits per heavy atom. The van der Waals surface area contributed by atoms with E-state index in [0.717, 1.165) is 18.7 Å². The van der Waals surface area contributed by atoms with E-state index in [-0.39, 0.29) is 0 Å². The van der Waals surface area contributed by atoms with Crippen LogP contribution in [0, 0.1) is 6.92 Å². The van der Waals surface area contributed by atoms with Gasteiger partial charge in [0.15, 0.2) is 0 Å². The lowest BCUT2D eigenvalue weighted by Crippen LogP contribution is -2.50. The van der Waals surface area contributed by atoms with E-state index in [9.17, 15) is 0 Å². The highest BCUT2D eigenvalue weighted by molar-refractivity contribution is 7.09.